The van der Waals surface area contributed by atoms with E-state index in [1.54, 1.807) is 24.0 Å². The van der Waals surface area contributed by atoms with Gasteiger partial charge < -0.3 is 14.2 Å². The number of aryl methyl sites for hydroxylation is 1. The standard InChI is InChI=1S/C14H14FN3O3/c1-9-16-14(21-17-9)10-6-18(7-10)13(19)8-20-12-5-3-2-4-11(12)15/h2-5,10H,6-8H2,1H3. The van der Waals surface area contributed by atoms with Crippen molar-refractivity contribution in [3.63, 3.8) is 0 Å². The van der Waals surface area contributed by atoms with Crippen LogP contribution in [0, 0.1) is 12.7 Å². The summed E-state index contributed by atoms with van der Waals surface area (Å²) in [4.78, 5) is 17.7. The Morgan fingerprint density at radius 2 is 2.24 bits per heavy atom. The second-order valence-electron chi connectivity index (χ2n) is 4.89. The summed E-state index contributed by atoms with van der Waals surface area (Å²) in [6.45, 7) is 2.59. The fourth-order valence-corrected chi connectivity index (χ4v) is 2.11. The highest BCUT2D eigenvalue weighted by molar-refractivity contribution is 5.78. The number of para-hydroxylation sites is 1. The fraction of sp³-hybridized carbons (Fsp3) is 0.357. The van der Waals surface area contributed by atoms with Crippen molar-refractivity contribution in [3.05, 3.63) is 41.8 Å². The van der Waals surface area contributed by atoms with Crippen molar-refractivity contribution in [3.8, 4) is 5.75 Å². The Labute approximate surface area is 120 Å². The van der Waals surface area contributed by atoms with Gasteiger partial charge in [-0.05, 0) is 19.1 Å². The van der Waals surface area contributed by atoms with Crippen LogP contribution in [0.25, 0.3) is 0 Å². The summed E-state index contributed by atoms with van der Waals surface area (Å²) in [6, 6.07) is 6.00. The summed E-state index contributed by atoms with van der Waals surface area (Å²) in [5.41, 5.74) is 0. The molecule has 7 heteroatoms. The van der Waals surface area contributed by atoms with Gasteiger partial charge in [-0.1, -0.05) is 17.3 Å². The van der Waals surface area contributed by atoms with Gasteiger partial charge in [-0.2, -0.15) is 4.98 Å². The molecule has 0 aliphatic carbocycles. The molecule has 2 heterocycles. The van der Waals surface area contributed by atoms with Crippen LogP contribution in [-0.2, 0) is 4.79 Å². The lowest BCUT2D eigenvalue weighted by atomic mass is 10.0. The number of benzene rings is 1. The largest absolute Gasteiger partial charge is 0.481 e. The van der Waals surface area contributed by atoms with Crippen molar-refractivity contribution in [2.75, 3.05) is 19.7 Å². The van der Waals surface area contributed by atoms with Gasteiger partial charge in [0.05, 0.1) is 5.92 Å². The smallest absolute Gasteiger partial charge is 0.260 e. The number of amides is 1. The Morgan fingerprint density at radius 3 is 2.90 bits per heavy atom. The molecular weight excluding hydrogens is 277 g/mol. The van der Waals surface area contributed by atoms with Crippen LogP contribution in [0.15, 0.2) is 28.8 Å². The van der Waals surface area contributed by atoms with Gasteiger partial charge in [-0.15, -0.1) is 0 Å². The quantitative estimate of drug-likeness (QED) is 0.854. The maximum atomic E-state index is 13.3. The van der Waals surface area contributed by atoms with Crippen LogP contribution in [-0.4, -0.2) is 40.6 Å². The molecule has 110 valence electrons. The number of hydrogen-bond acceptors (Lipinski definition) is 5. The fourth-order valence-electron chi connectivity index (χ4n) is 2.11. The van der Waals surface area contributed by atoms with Crippen LogP contribution < -0.4 is 4.74 Å². The molecule has 0 saturated carbocycles. The molecule has 1 saturated heterocycles. The number of ether oxygens (including phenoxy) is 1. The van der Waals surface area contributed by atoms with E-state index < -0.39 is 5.82 Å². The molecule has 1 fully saturated rings. The maximum Gasteiger partial charge on any atom is 0.260 e. The predicted octanol–water partition coefficient (Wildman–Crippen LogP) is 1.52. The molecule has 6 nitrogen and oxygen atoms in total. The van der Waals surface area contributed by atoms with E-state index in [1.165, 1.54) is 12.1 Å². The highest BCUT2D eigenvalue weighted by Gasteiger charge is 2.35. The summed E-state index contributed by atoms with van der Waals surface area (Å²) in [7, 11) is 0. The Morgan fingerprint density at radius 1 is 1.48 bits per heavy atom. The van der Waals surface area contributed by atoms with Crippen molar-refractivity contribution in [2.24, 2.45) is 0 Å². The lowest BCUT2D eigenvalue weighted by Crippen LogP contribution is -2.50. The molecule has 0 spiro atoms. The molecule has 1 amide bonds. The van der Waals surface area contributed by atoms with E-state index in [4.69, 9.17) is 9.26 Å². The Balaban J connectivity index is 1.49. The first kappa shape index (κ1) is 13.5. The van der Waals surface area contributed by atoms with Gasteiger partial charge >= 0.3 is 0 Å². The minimum Gasteiger partial charge on any atom is -0.481 e. The van der Waals surface area contributed by atoms with Gasteiger partial charge in [0.2, 0.25) is 5.89 Å². The number of carbonyl (C=O) groups is 1. The molecule has 0 unspecified atom stereocenters. The zero-order valence-corrected chi connectivity index (χ0v) is 11.5. The summed E-state index contributed by atoms with van der Waals surface area (Å²) in [5.74, 6) is 0.613. The van der Waals surface area contributed by atoms with Crippen molar-refractivity contribution >= 4 is 5.91 Å². The summed E-state index contributed by atoms with van der Waals surface area (Å²) in [5, 5.41) is 3.72. The highest BCUT2D eigenvalue weighted by Crippen LogP contribution is 2.25. The van der Waals surface area contributed by atoms with Crippen molar-refractivity contribution < 1.29 is 18.4 Å². The number of likely N-dealkylation sites (tertiary alicyclic amines) is 1. The number of hydrogen-bond donors (Lipinski definition) is 0. The molecule has 0 radical (unpaired) electrons. The van der Waals surface area contributed by atoms with Crippen LogP contribution in [0.1, 0.15) is 17.6 Å². The minimum absolute atomic E-state index is 0.0728. The molecule has 0 bridgehead atoms. The van der Waals surface area contributed by atoms with E-state index in [9.17, 15) is 9.18 Å². The van der Waals surface area contributed by atoms with E-state index in [0.29, 0.717) is 24.8 Å². The van der Waals surface area contributed by atoms with Crippen LogP contribution >= 0.6 is 0 Å². The lowest BCUT2D eigenvalue weighted by Gasteiger charge is -2.36. The lowest BCUT2D eigenvalue weighted by molar-refractivity contribution is -0.138. The Hall–Kier alpha value is -2.44. The second-order valence-corrected chi connectivity index (χ2v) is 4.89. The number of aromatic nitrogens is 2. The minimum atomic E-state index is -0.479. The molecule has 0 atom stereocenters. The molecule has 21 heavy (non-hydrogen) atoms. The molecule has 0 N–H and O–H groups in total. The Kier molecular flexibility index (Phi) is 3.55. The first-order valence-corrected chi connectivity index (χ1v) is 6.59. The second kappa shape index (κ2) is 5.51. The monoisotopic (exact) mass is 291 g/mol. The summed E-state index contributed by atoms with van der Waals surface area (Å²) >= 11 is 0. The van der Waals surface area contributed by atoms with Crippen LogP contribution in [0.2, 0.25) is 0 Å². The zero-order valence-electron chi connectivity index (χ0n) is 11.5. The van der Waals surface area contributed by atoms with Crippen molar-refractivity contribution in [1.82, 2.24) is 15.0 Å². The number of halogens is 1. The third kappa shape index (κ3) is 2.86. The van der Waals surface area contributed by atoms with Gasteiger partial charge in [0, 0.05) is 13.1 Å². The van der Waals surface area contributed by atoms with Crippen LogP contribution in [0.5, 0.6) is 5.75 Å². The molecule has 1 aliphatic rings. The summed E-state index contributed by atoms with van der Waals surface area (Å²) in [6.07, 6.45) is 0. The van der Waals surface area contributed by atoms with Gasteiger partial charge in [0.1, 0.15) is 0 Å². The van der Waals surface area contributed by atoms with Crippen LogP contribution in [0.3, 0.4) is 0 Å². The third-order valence-electron chi connectivity index (χ3n) is 3.31. The first-order chi connectivity index (χ1) is 10.1. The number of carbonyl (C=O) groups excluding carboxylic acids is 1. The zero-order chi connectivity index (χ0) is 14.8. The van der Waals surface area contributed by atoms with Crippen molar-refractivity contribution in [1.29, 1.82) is 0 Å². The van der Waals surface area contributed by atoms with Gasteiger partial charge in [0.15, 0.2) is 24.0 Å². The molecule has 1 aromatic heterocycles. The Bertz CT molecular complexity index is 652. The summed E-state index contributed by atoms with van der Waals surface area (Å²) < 4.78 is 23.6. The van der Waals surface area contributed by atoms with Gasteiger partial charge in [-0.25, -0.2) is 4.39 Å². The van der Waals surface area contributed by atoms with Crippen molar-refractivity contribution in [2.45, 2.75) is 12.8 Å². The van der Waals surface area contributed by atoms with E-state index in [-0.39, 0.29) is 24.2 Å². The van der Waals surface area contributed by atoms with Gasteiger partial charge in [-0.3, -0.25) is 4.79 Å². The SMILES string of the molecule is Cc1noc(C2CN(C(=O)COc3ccccc3F)C2)n1. The van der Waals surface area contributed by atoms with E-state index >= 15 is 0 Å². The first-order valence-electron chi connectivity index (χ1n) is 6.59. The molecular formula is C14H14FN3O3. The van der Waals surface area contributed by atoms with E-state index in [2.05, 4.69) is 10.1 Å². The highest BCUT2D eigenvalue weighted by atomic mass is 19.1. The number of nitrogens with zero attached hydrogens (tertiary/aromatic N) is 3. The van der Waals surface area contributed by atoms with E-state index in [0.717, 1.165) is 0 Å². The van der Waals surface area contributed by atoms with Gasteiger partial charge in [0.25, 0.3) is 5.91 Å². The third-order valence-corrected chi connectivity index (χ3v) is 3.31. The normalized spacial score (nSPS) is 14.9. The maximum absolute atomic E-state index is 13.3. The molecule has 3 rings (SSSR count). The predicted molar refractivity (Wildman–Crippen MR) is 70.3 cm³/mol. The van der Waals surface area contributed by atoms with Crippen LogP contribution in [0.4, 0.5) is 4.39 Å². The molecule has 2 aromatic rings. The van der Waals surface area contributed by atoms with E-state index in [1.807, 2.05) is 0 Å². The topological polar surface area (TPSA) is 68.5 Å². The molecule has 1 aromatic carbocycles. The average molecular weight is 291 g/mol. The number of rotatable bonds is 4. The average Bonchev–Trinajstić information content (AvgIpc) is 2.82. The molecule has 1 aliphatic heterocycles.